The summed E-state index contributed by atoms with van der Waals surface area (Å²) in [6, 6.07) is 0. The minimum atomic E-state index is 0.414. The third-order valence-electron chi connectivity index (χ3n) is 2.94. The first-order valence-electron chi connectivity index (χ1n) is 5.68. The Morgan fingerprint density at radius 1 is 1.53 bits per heavy atom. The van der Waals surface area contributed by atoms with Gasteiger partial charge in [-0.1, -0.05) is 43.2 Å². The molecule has 1 nitrogen and oxygen atoms in total. The van der Waals surface area contributed by atoms with Gasteiger partial charge in [0, 0.05) is 19.2 Å². The van der Waals surface area contributed by atoms with Crippen molar-refractivity contribution in [1.82, 2.24) is 0 Å². The molecule has 1 unspecified atom stereocenters. The van der Waals surface area contributed by atoms with Crippen LogP contribution in [0.25, 0.3) is 0 Å². The van der Waals surface area contributed by atoms with Crippen LogP contribution in [0.5, 0.6) is 0 Å². The topological polar surface area (TPSA) is 12.4 Å². The fourth-order valence-corrected chi connectivity index (χ4v) is 1.91. The Bertz CT molecular complexity index is 329. The number of rotatable bonds is 3. The van der Waals surface area contributed by atoms with Crippen molar-refractivity contribution in [3.63, 3.8) is 0 Å². The first-order chi connectivity index (χ1) is 7.19. The molecule has 0 amide bonds. The van der Waals surface area contributed by atoms with Crippen LogP contribution in [0.4, 0.5) is 0 Å². The molecule has 0 bridgehead atoms. The fraction of sp³-hybridized carbons (Fsp3) is 0.500. The molecule has 0 fully saturated rings. The molecular weight excluding hydrogens is 182 g/mol. The van der Waals surface area contributed by atoms with Crippen molar-refractivity contribution in [2.75, 3.05) is 7.05 Å². The molecule has 1 aliphatic rings. The summed E-state index contributed by atoms with van der Waals surface area (Å²) in [5.41, 5.74) is 4.33. The van der Waals surface area contributed by atoms with Crippen LogP contribution in [-0.4, -0.2) is 13.3 Å². The van der Waals surface area contributed by atoms with Gasteiger partial charge in [0.25, 0.3) is 0 Å². The second kappa shape index (κ2) is 5.69. The van der Waals surface area contributed by atoms with Crippen molar-refractivity contribution in [2.45, 2.75) is 33.6 Å². The summed E-state index contributed by atoms with van der Waals surface area (Å²) in [6.45, 7) is 6.62. The molecule has 0 aromatic rings. The van der Waals surface area contributed by atoms with E-state index in [0.717, 1.165) is 12.8 Å². The van der Waals surface area contributed by atoms with Crippen LogP contribution >= 0.6 is 0 Å². The molecule has 0 spiro atoms. The minimum absolute atomic E-state index is 0.414. The lowest BCUT2D eigenvalue weighted by molar-refractivity contribution is 0.963. The predicted octanol–water partition coefficient (Wildman–Crippen LogP) is 3.94. The molecule has 0 aromatic heterocycles. The van der Waals surface area contributed by atoms with E-state index in [4.69, 9.17) is 0 Å². The van der Waals surface area contributed by atoms with Crippen molar-refractivity contribution >= 4 is 6.21 Å². The highest BCUT2D eigenvalue weighted by Gasteiger charge is 2.07. The number of hydrogen-bond acceptors (Lipinski definition) is 1. The van der Waals surface area contributed by atoms with Gasteiger partial charge in [-0.25, -0.2) is 0 Å². The van der Waals surface area contributed by atoms with Crippen molar-refractivity contribution < 1.29 is 0 Å². The van der Waals surface area contributed by atoms with E-state index in [1.54, 1.807) is 5.57 Å². The van der Waals surface area contributed by atoms with Gasteiger partial charge in [0.2, 0.25) is 0 Å². The van der Waals surface area contributed by atoms with Gasteiger partial charge in [0.05, 0.1) is 0 Å². The van der Waals surface area contributed by atoms with Crippen LogP contribution in [0.1, 0.15) is 33.6 Å². The van der Waals surface area contributed by atoms with Gasteiger partial charge in [-0.05, 0) is 25.3 Å². The van der Waals surface area contributed by atoms with Crippen molar-refractivity contribution in [2.24, 2.45) is 10.9 Å². The molecular formula is C14H21N. The van der Waals surface area contributed by atoms with E-state index in [2.05, 4.69) is 44.0 Å². The molecule has 1 atom stereocenters. The summed E-state index contributed by atoms with van der Waals surface area (Å²) in [6.07, 6.45) is 11.0. The van der Waals surface area contributed by atoms with E-state index >= 15 is 0 Å². The lowest BCUT2D eigenvalue weighted by Gasteiger charge is -2.07. The summed E-state index contributed by atoms with van der Waals surface area (Å²) >= 11 is 0. The van der Waals surface area contributed by atoms with Gasteiger partial charge in [0.15, 0.2) is 0 Å². The summed E-state index contributed by atoms with van der Waals surface area (Å²) in [5, 5.41) is 0. The molecule has 0 aromatic carbocycles. The lowest BCUT2D eigenvalue weighted by Crippen LogP contribution is -1.98. The average molecular weight is 203 g/mol. The number of aliphatic imine (C=N–C) groups is 1. The van der Waals surface area contributed by atoms with Crippen LogP contribution in [0.2, 0.25) is 0 Å². The Kier molecular flexibility index (Phi) is 4.54. The molecule has 82 valence electrons. The van der Waals surface area contributed by atoms with Crippen LogP contribution in [0, 0.1) is 5.92 Å². The molecule has 15 heavy (non-hydrogen) atoms. The van der Waals surface area contributed by atoms with E-state index in [-0.39, 0.29) is 0 Å². The van der Waals surface area contributed by atoms with Gasteiger partial charge in [0.1, 0.15) is 0 Å². The van der Waals surface area contributed by atoms with Crippen molar-refractivity contribution in [3.05, 3.63) is 34.9 Å². The molecule has 0 heterocycles. The zero-order chi connectivity index (χ0) is 11.3. The normalized spacial score (nSPS) is 19.3. The van der Waals surface area contributed by atoms with E-state index in [1.165, 1.54) is 11.1 Å². The first-order valence-corrected chi connectivity index (χ1v) is 5.68. The van der Waals surface area contributed by atoms with Gasteiger partial charge >= 0.3 is 0 Å². The number of allylic oxidation sites excluding steroid dienone is 6. The van der Waals surface area contributed by atoms with E-state index < -0.39 is 0 Å². The van der Waals surface area contributed by atoms with Gasteiger partial charge in [-0.2, -0.15) is 0 Å². The van der Waals surface area contributed by atoms with Crippen molar-refractivity contribution in [3.8, 4) is 0 Å². The standard InChI is InChI=1S/C14H21N/c1-5-13-7-6-8-14(9-11(13)2)12(3)10-15-4/h6,8-10,12H,5,7H2,1-4H3. The average Bonchev–Trinajstić information content (AvgIpc) is 2.40. The van der Waals surface area contributed by atoms with Crippen LogP contribution in [0.15, 0.2) is 39.9 Å². The highest BCUT2D eigenvalue weighted by Crippen LogP contribution is 2.23. The second-order valence-electron chi connectivity index (χ2n) is 4.09. The molecule has 1 heteroatoms. The molecule has 0 aliphatic heterocycles. The van der Waals surface area contributed by atoms with Crippen molar-refractivity contribution in [1.29, 1.82) is 0 Å². The number of nitrogens with zero attached hydrogens (tertiary/aromatic N) is 1. The Morgan fingerprint density at radius 2 is 2.27 bits per heavy atom. The highest BCUT2D eigenvalue weighted by molar-refractivity contribution is 5.66. The zero-order valence-corrected chi connectivity index (χ0v) is 10.2. The van der Waals surface area contributed by atoms with Gasteiger partial charge in [-0.3, -0.25) is 0 Å². The molecule has 1 rings (SSSR count). The molecule has 0 saturated heterocycles. The Hall–Kier alpha value is -1.11. The zero-order valence-electron chi connectivity index (χ0n) is 10.2. The summed E-state index contributed by atoms with van der Waals surface area (Å²) < 4.78 is 0. The first kappa shape index (κ1) is 12.0. The summed E-state index contributed by atoms with van der Waals surface area (Å²) in [7, 11) is 1.83. The highest BCUT2D eigenvalue weighted by atomic mass is 14.6. The Balaban J connectivity index is 2.96. The molecule has 0 radical (unpaired) electrons. The Morgan fingerprint density at radius 3 is 2.87 bits per heavy atom. The maximum absolute atomic E-state index is 4.09. The van der Waals surface area contributed by atoms with Gasteiger partial charge < -0.3 is 4.99 Å². The molecule has 0 saturated carbocycles. The monoisotopic (exact) mass is 203 g/mol. The van der Waals surface area contributed by atoms with Gasteiger partial charge in [-0.15, -0.1) is 0 Å². The second-order valence-corrected chi connectivity index (χ2v) is 4.09. The molecule has 0 N–H and O–H groups in total. The molecule has 1 aliphatic carbocycles. The minimum Gasteiger partial charge on any atom is -0.300 e. The fourth-order valence-electron chi connectivity index (χ4n) is 1.91. The maximum atomic E-state index is 4.09. The van der Waals surface area contributed by atoms with E-state index in [1.807, 2.05) is 13.3 Å². The SMILES string of the molecule is CCC1=C(C)C=C(C(C)C=NC)C=CC1. The van der Waals surface area contributed by atoms with E-state index in [9.17, 15) is 0 Å². The summed E-state index contributed by atoms with van der Waals surface area (Å²) in [4.78, 5) is 4.09. The van der Waals surface area contributed by atoms with Crippen LogP contribution in [-0.2, 0) is 0 Å². The largest absolute Gasteiger partial charge is 0.300 e. The third kappa shape index (κ3) is 3.19. The van der Waals surface area contributed by atoms with Crippen LogP contribution in [0.3, 0.4) is 0 Å². The number of hydrogen-bond donors (Lipinski definition) is 0. The maximum Gasteiger partial charge on any atom is 0.0273 e. The lowest BCUT2D eigenvalue weighted by atomic mass is 9.99. The third-order valence-corrected chi connectivity index (χ3v) is 2.94. The smallest absolute Gasteiger partial charge is 0.0273 e. The Labute approximate surface area is 93.3 Å². The van der Waals surface area contributed by atoms with Crippen LogP contribution < -0.4 is 0 Å². The quantitative estimate of drug-likeness (QED) is 0.616. The summed E-state index contributed by atoms with van der Waals surface area (Å²) in [5.74, 6) is 0.414. The predicted molar refractivity (Wildman–Crippen MR) is 68.4 cm³/mol. The van der Waals surface area contributed by atoms with E-state index in [0.29, 0.717) is 5.92 Å².